The zero-order valence-corrected chi connectivity index (χ0v) is 21.1. The lowest BCUT2D eigenvalue weighted by molar-refractivity contribution is -0.133. The zero-order chi connectivity index (χ0) is 26.6. The molecule has 1 aromatic heterocycles. The van der Waals surface area contributed by atoms with Gasteiger partial charge >= 0.3 is 0 Å². The summed E-state index contributed by atoms with van der Waals surface area (Å²) in [6.07, 6.45) is 2.03. The number of imidazole rings is 1. The Morgan fingerprint density at radius 1 is 1.11 bits per heavy atom. The van der Waals surface area contributed by atoms with Crippen LogP contribution in [0.25, 0.3) is 0 Å². The minimum Gasteiger partial charge on any atom is -0.497 e. The van der Waals surface area contributed by atoms with Crippen LogP contribution < -0.4 is 15.4 Å². The van der Waals surface area contributed by atoms with Crippen LogP contribution in [0.2, 0.25) is 0 Å². The monoisotopic (exact) mass is 507 g/mol. The fourth-order valence-corrected chi connectivity index (χ4v) is 4.46. The van der Waals surface area contributed by atoms with Crippen molar-refractivity contribution < 1.29 is 23.5 Å². The molecule has 0 saturated heterocycles. The van der Waals surface area contributed by atoms with E-state index in [1.165, 1.54) is 23.4 Å². The minimum absolute atomic E-state index is 0.0248. The third-order valence-electron chi connectivity index (χ3n) is 6.47. The molecule has 10 heteroatoms. The first-order chi connectivity index (χ1) is 17.8. The van der Waals surface area contributed by atoms with Crippen LogP contribution in [0.3, 0.4) is 0 Å². The van der Waals surface area contributed by atoms with Crippen molar-refractivity contribution in [2.75, 3.05) is 13.7 Å². The number of ether oxygens (including phenoxy) is 1. The maximum absolute atomic E-state index is 13.6. The molecule has 0 bridgehead atoms. The number of carbonyl (C=O) groups excluding carboxylic acids is 3. The molecule has 9 nitrogen and oxygen atoms in total. The van der Waals surface area contributed by atoms with Crippen LogP contribution in [0.5, 0.6) is 5.75 Å². The molecule has 194 valence electrons. The molecule has 2 aromatic carbocycles. The topological polar surface area (TPSA) is 106 Å². The standard InChI is InChI=1S/C27H30FN5O4/c1-4-12-33-25(35)23-22(24(34)29-15-19-6-5-7-20(28)13-19)31-17-32(23)16-27(33,2)26(36)30-14-18-8-10-21(37-3)11-9-18/h5-11,13,17H,4,12,14-16H2,1-3H3,(H,29,34)(H,30,36)/t27-/m0/s1. The van der Waals surface area contributed by atoms with E-state index in [-0.39, 0.29) is 36.9 Å². The Hall–Kier alpha value is -4.21. The Balaban J connectivity index is 1.52. The SMILES string of the molecule is CCCN1C(=O)c2c(C(=O)NCc3cccc(F)c3)ncn2C[C@@]1(C)C(=O)NCc1ccc(OC)cc1. The first kappa shape index (κ1) is 25.9. The predicted molar refractivity (Wildman–Crippen MR) is 134 cm³/mol. The van der Waals surface area contributed by atoms with Gasteiger partial charge in [-0.3, -0.25) is 14.4 Å². The lowest BCUT2D eigenvalue weighted by Gasteiger charge is -2.43. The van der Waals surface area contributed by atoms with Gasteiger partial charge in [0.1, 0.15) is 22.8 Å². The van der Waals surface area contributed by atoms with Crippen LogP contribution in [0, 0.1) is 5.82 Å². The number of amides is 3. The van der Waals surface area contributed by atoms with Gasteiger partial charge in [-0.05, 0) is 48.7 Å². The molecule has 0 unspecified atom stereocenters. The van der Waals surface area contributed by atoms with E-state index in [9.17, 15) is 18.8 Å². The quantitative estimate of drug-likeness (QED) is 0.463. The highest BCUT2D eigenvalue weighted by Crippen LogP contribution is 2.29. The number of halogens is 1. The Morgan fingerprint density at radius 2 is 1.84 bits per heavy atom. The van der Waals surface area contributed by atoms with Crippen molar-refractivity contribution in [3.8, 4) is 5.75 Å². The Kier molecular flexibility index (Phi) is 7.56. The third-order valence-corrected chi connectivity index (χ3v) is 6.47. The number of carbonyl (C=O) groups is 3. The van der Waals surface area contributed by atoms with E-state index < -0.39 is 23.2 Å². The van der Waals surface area contributed by atoms with Crippen molar-refractivity contribution in [3.05, 3.63) is 83.2 Å². The highest BCUT2D eigenvalue weighted by molar-refractivity contribution is 6.07. The normalized spacial score (nSPS) is 16.8. The Labute approximate surface area is 214 Å². The number of benzene rings is 2. The zero-order valence-electron chi connectivity index (χ0n) is 21.1. The van der Waals surface area contributed by atoms with Crippen LogP contribution in [0.4, 0.5) is 4.39 Å². The van der Waals surface area contributed by atoms with E-state index in [1.807, 2.05) is 31.2 Å². The van der Waals surface area contributed by atoms with Gasteiger partial charge in [-0.25, -0.2) is 9.37 Å². The lowest BCUT2D eigenvalue weighted by atomic mass is 9.93. The average Bonchev–Trinajstić information content (AvgIpc) is 3.32. The minimum atomic E-state index is -1.18. The van der Waals surface area contributed by atoms with E-state index in [2.05, 4.69) is 15.6 Å². The van der Waals surface area contributed by atoms with Crippen molar-refractivity contribution in [1.82, 2.24) is 25.1 Å². The summed E-state index contributed by atoms with van der Waals surface area (Å²) in [5.74, 6) is -0.973. The fraction of sp³-hybridized carbons (Fsp3) is 0.333. The summed E-state index contributed by atoms with van der Waals surface area (Å²) < 4.78 is 20.2. The Morgan fingerprint density at radius 3 is 2.51 bits per heavy atom. The summed E-state index contributed by atoms with van der Waals surface area (Å²) >= 11 is 0. The van der Waals surface area contributed by atoms with Gasteiger partial charge in [-0.1, -0.05) is 31.2 Å². The van der Waals surface area contributed by atoms with Gasteiger partial charge in [0.25, 0.3) is 11.8 Å². The van der Waals surface area contributed by atoms with Crippen LogP contribution in [0.1, 0.15) is 52.4 Å². The number of fused-ring (bicyclic) bond motifs is 1. The molecule has 2 N–H and O–H groups in total. The second-order valence-electron chi connectivity index (χ2n) is 9.14. The molecular formula is C27H30FN5O4. The molecule has 2 heterocycles. The molecule has 1 aliphatic rings. The third kappa shape index (κ3) is 5.32. The molecule has 0 spiro atoms. The average molecular weight is 508 g/mol. The summed E-state index contributed by atoms with van der Waals surface area (Å²) in [7, 11) is 1.59. The maximum atomic E-state index is 13.6. The molecule has 3 amide bonds. The second kappa shape index (κ2) is 10.8. The first-order valence-corrected chi connectivity index (χ1v) is 12.1. The van der Waals surface area contributed by atoms with Crippen molar-refractivity contribution in [3.63, 3.8) is 0 Å². The number of nitrogens with zero attached hydrogens (tertiary/aromatic N) is 3. The van der Waals surface area contributed by atoms with E-state index in [0.29, 0.717) is 18.5 Å². The van der Waals surface area contributed by atoms with Gasteiger partial charge in [0.2, 0.25) is 5.91 Å². The molecule has 1 aliphatic heterocycles. The van der Waals surface area contributed by atoms with E-state index >= 15 is 0 Å². The second-order valence-corrected chi connectivity index (χ2v) is 9.14. The van der Waals surface area contributed by atoms with E-state index in [0.717, 1.165) is 11.3 Å². The van der Waals surface area contributed by atoms with Gasteiger partial charge in [-0.2, -0.15) is 0 Å². The molecule has 0 fully saturated rings. The number of aromatic nitrogens is 2. The largest absolute Gasteiger partial charge is 0.497 e. The van der Waals surface area contributed by atoms with Gasteiger partial charge in [0.05, 0.1) is 20.0 Å². The number of hydrogen-bond donors (Lipinski definition) is 2. The van der Waals surface area contributed by atoms with E-state index in [1.54, 1.807) is 30.7 Å². The number of hydrogen-bond acceptors (Lipinski definition) is 5. The smallest absolute Gasteiger partial charge is 0.273 e. The van der Waals surface area contributed by atoms with Gasteiger partial charge in [0.15, 0.2) is 5.69 Å². The number of methoxy groups -OCH3 is 1. The lowest BCUT2D eigenvalue weighted by Crippen LogP contribution is -2.64. The molecule has 0 aliphatic carbocycles. The van der Waals surface area contributed by atoms with Crippen LogP contribution in [-0.2, 0) is 24.4 Å². The van der Waals surface area contributed by atoms with Crippen LogP contribution >= 0.6 is 0 Å². The van der Waals surface area contributed by atoms with Gasteiger partial charge in [-0.15, -0.1) is 0 Å². The molecule has 4 rings (SSSR count). The van der Waals surface area contributed by atoms with Crippen molar-refractivity contribution in [2.24, 2.45) is 0 Å². The highest BCUT2D eigenvalue weighted by atomic mass is 19.1. The predicted octanol–water partition coefficient (Wildman–Crippen LogP) is 2.90. The summed E-state index contributed by atoms with van der Waals surface area (Å²) in [6.45, 7) is 4.49. The summed E-state index contributed by atoms with van der Waals surface area (Å²) in [4.78, 5) is 45.6. The van der Waals surface area contributed by atoms with E-state index in [4.69, 9.17) is 4.74 Å². The molecule has 1 atom stereocenters. The fourth-order valence-electron chi connectivity index (χ4n) is 4.46. The van der Waals surface area contributed by atoms with Crippen molar-refractivity contribution in [1.29, 1.82) is 0 Å². The number of nitrogens with one attached hydrogen (secondary N) is 2. The first-order valence-electron chi connectivity index (χ1n) is 12.1. The molecule has 0 saturated carbocycles. The summed E-state index contributed by atoms with van der Waals surface area (Å²) in [5.41, 5.74) is 0.403. The van der Waals surface area contributed by atoms with Gasteiger partial charge < -0.3 is 24.8 Å². The van der Waals surface area contributed by atoms with Crippen LogP contribution in [0.15, 0.2) is 54.9 Å². The van der Waals surface area contributed by atoms with Crippen molar-refractivity contribution >= 4 is 17.7 Å². The summed E-state index contributed by atoms with van der Waals surface area (Å²) in [5, 5.41) is 5.64. The molecular weight excluding hydrogens is 477 g/mol. The molecule has 0 radical (unpaired) electrons. The highest BCUT2D eigenvalue weighted by Gasteiger charge is 2.48. The number of rotatable bonds is 9. The molecule has 37 heavy (non-hydrogen) atoms. The Bertz CT molecular complexity index is 1310. The summed E-state index contributed by atoms with van der Waals surface area (Å²) in [6, 6.07) is 13.2. The molecule has 3 aromatic rings. The van der Waals surface area contributed by atoms with Crippen molar-refractivity contribution in [2.45, 2.75) is 45.4 Å². The maximum Gasteiger partial charge on any atom is 0.273 e. The van der Waals surface area contributed by atoms with Gasteiger partial charge in [0, 0.05) is 19.6 Å². The van der Waals surface area contributed by atoms with Crippen LogP contribution in [-0.4, -0.2) is 51.4 Å².